The van der Waals surface area contributed by atoms with Crippen LogP contribution in [0, 0.1) is 3.57 Å². The van der Waals surface area contributed by atoms with Crippen molar-refractivity contribution in [1.29, 1.82) is 0 Å². The van der Waals surface area contributed by atoms with Gasteiger partial charge < -0.3 is 14.2 Å². The summed E-state index contributed by atoms with van der Waals surface area (Å²) in [5.74, 6) is -0.215. The summed E-state index contributed by atoms with van der Waals surface area (Å²) in [5, 5.41) is 1.95. The van der Waals surface area contributed by atoms with Crippen molar-refractivity contribution >= 4 is 57.6 Å². The molecule has 0 atom stereocenters. The smallest absolute Gasteiger partial charge is 0.341 e. The summed E-state index contributed by atoms with van der Waals surface area (Å²) in [6.45, 7) is 9.60. The van der Waals surface area contributed by atoms with Gasteiger partial charge in [-0.15, -0.1) is 11.3 Å². The van der Waals surface area contributed by atoms with Crippen LogP contribution in [0.3, 0.4) is 0 Å². The lowest BCUT2D eigenvalue weighted by atomic mass is 10.1. The lowest BCUT2D eigenvalue weighted by molar-refractivity contribution is -0.156. The quantitative estimate of drug-likeness (QED) is 0.243. The highest BCUT2D eigenvalue weighted by molar-refractivity contribution is 14.1. The Hall–Kier alpha value is -1.33. The number of esters is 2. The first-order valence-corrected chi connectivity index (χ1v) is 12.1. The molecule has 1 aromatic carbocycles. The van der Waals surface area contributed by atoms with E-state index in [1.54, 1.807) is 12.1 Å². The van der Waals surface area contributed by atoms with Crippen LogP contribution in [0.5, 0.6) is 5.75 Å². The molecule has 6 nitrogen and oxygen atoms in total. The number of hydrogen-bond donors (Lipinski definition) is 0. The van der Waals surface area contributed by atoms with Crippen molar-refractivity contribution < 1.29 is 23.8 Å². The molecule has 0 bridgehead atoms. The third kappa shape index (κ3) is 7.42. The third-order valence-electron chi connectivity index (χ3n) is 3.73. The van der Waals surface area contributed by atoms with Crippen molar-refractivity contribution in [2.75, 3.05) is 13.7 Å². The van der Waals surface area contributed by atoms with Crippen LogP contribution in [0.25, 0.3) is 0 Å². The number of nitrogens with zero attached hydrogens (tertiary/aromatic N) is 1. The maximum Gasteiger partial charge on any atom is 0.341 e. The molecule has 0 amide bonds. The summed E-state index contributed by atoms with van der Waals surface area (Å²) < 4.78 is 17.1. The van der Waals surface area contributed by atoms with Crippen LogP contribution in [-0.2, 0) is 20.7 Å². The van der Waals surface area contributed by atoms with Gasteiger partial charge in [0.05, 0.1) is 19.4 Å². The van der Waals surface area contributed by atoms with Crippen LogP contribution in [0.15, 0.2) is 27.9 Å². The summed E-state index contributed by atoms with van der Waals surface area (Å²) >= 11 is 5.01. The predicted octanol–water partition coefficient (Wildman–Crippen LogP) is 5.37. The van der Waals surface area contributed by atoms with Gasteiger partial charge >= 0.3 is 11.9 Å². The first kappa shape index (κ1) is 24.9. The van der Waals surface area contributed by atoms with E-state index in [-0.39, 0.29) is 5.97 Å². The number of halogens is 1. The van der Waals surface area contributed by atoms with Crippen LogP contribution >= 0.6 is 45.7 Å². The zero-order valence-corrected chi connectivity index (χ0v) is 21.7. The van der Waals surface area contributed by atoms with E-state index < -0.39 is 16.3 Å². The summed E-state index contributed by atoms with van der Waals surface area (Å²) in [6, 6.07) is 5.37. The van der Waals surface area contributed by atoms with E-state index in [4.69, 9.17) is 14.2 Å². The number of ether oxygens (including phenoxy) is 3. The minimum atomic E-state index is -0.741. The van der Waals surface area contributed by atoms with Gasteiger partial charge in [0.2, 0.25) is 0 Å². The summed E-state index contributed by atoms with van der Waals surface area (Å²) in [7, 11) is 1.35. The van der Waals surface area contributed by atoms with Gasteiger partial charge in [-0.1, -0.05) is 11.8 Å². The zero-order valence-electron chi connectivity index (χ0n) is 17.9. The monoisotopic (exact) mass is 563 g/mol. The van der Waals surface area contributed by atoms with E-state index in [9.17, 15) is 9.59 Å². The normalized spacial score (nSPS) is 11.8. The molecule has 0 fully saturated rings. The van der Waals surface area contributed by atoms with Crippen molar-refractivity contribution in [2.45, 2.75) is 55.7 Å². The molecular weight excluding hydrogens is 537 g/mol. The molecule has 2 rings (SSSR count). The molecule has 0 aliphatic heterocycles. The van der Waals surface area contributed by atoms with Crippen molar-refractivity contribution in [3.05, 3.63) is 38.4 Å². The fraction of sp³-hybridized carbons (Fsp3) is 0.476. The number of benzene rings is 1. The molecule has 0 radical (unpaired) electrons. The SMILES string of the molecule is COC(=O)c1cc(I)ccc1OCCc1csc(SC(C)(C)C(=O)OC(C)(C)C)n1. The molecule has 1 heterocycles. The van der Waals surface area contributed by atoms with E-state index in [1.807, 2.05) is 46.1 Å². The Kier molecular flexibility index (Phi) is 8.58. The fourth-order valence-corrected chi connectivity index (χ4v) is 5.03. The average Bonchev–Trinajstić information content (AvgIpc) is 3.07. The molecule has 30 heavy (non-hydrogen) atoms. The molecule has 0 N–H and O–H groups in total. The number of carbonyl (C=O) groups excluding carboxylic acids is 2. The largest absolute Gasteiger partial charge is 0.492 e. The molecule has 0 saturated heterocycles. The van der Waals surface area contributed by atoms with Gasteiger partial charge in [0, 0.05) is 15.4 Å². The minimum absolute atomic E-state index is 0.269. The Bertz CT molecular complexity index is 905. The maximum atomic E-state index is 12.4. The van der Waals surface area contributed by atoms with Crippen LogP contribution in [0.2, 0.25) is 0 Å². The second-order valence-corrected chi connectivity index (χ2v) is 11.9. The molecular formula is C21H26INO5S2. The highest BCUT2D eigenvalue weighted by Gasteiger charge is 2.34. The van der Waals surface area contributed by atoms with E-state index in [1.165, 1.54) is 30.2 Å². The van der Waals surface area contributed by atoms with Crippen LogP contribution in [0.1, 0.15) is 50.7 Å². The third-order valence-corrected chi connectivity index (χ3v) is 6.56. The fourth-order valence-electron chi connectivity index (χ4n) is 2.27. The van der Waals surface area contributed by atoms with Crippen molar-refractivity contribution in [3.63, 3.8) is 0 Å². The number of aromatic nitrogens is 1. The van der Waals surface area contributed by atoms with Crippen molar-refractivity contribution in [3.8, 4) is 5.75 Å². The molecule has 0 saturated carbocycles. The standard InChI is InChI=1S/C21H26INO5S2/c1-20(2,3)28-18(25)21(4,5)30-19-23-14(12-29-19)9-10-27-16-8-7-13(22)11-15(16)17(24)26-6/h7-8,11-12H,9-10H2,1-6H3. The van der Waals surface area contributed by atoms with Gasteiger partial charge in [-0.05, 0) is 75.4 Å². The molecule has 0 aliphatic rings. The number of hydrogen-bond acceptors (Lipinski definition) is 8. The van der Waals surface area contributed by atoms with E-state index >= 15 is 0 Å². The first-order chi connectivity index (χ1) is 13.9. The Balaban J connectivity index is 1.96. The van der Waals surface area contributed by atoms with Gasteiger partial charge in [-0.3, -0.25) is 4.79 Å². The topological polar surface area (TPSA) is 74.7 Å². The number of thiazole rings is 1. The average molecular weight is 563 g/mol. The zero-order chi connectivity index (χ0) is 22.5. The predicted molar refractivity (Wildman–Crippen MR) is 128 cm³/mol. The maximum absolute atomic E-state index is 12.4. The minimum Gasteiger partial charge on any atom is -0.492 e. The Morgan fingerprint density at radius 2 is 1.90 bits per heavy atom. The van der Waals surface area contributed by atoms with E-state index in [0.717, 1.165) is 13.6 Å². The van der Waals surface area contributed by atoms with Gasteiger partial charge in [0.15, 0.2) is 4.34 Å². The van der Waals surface area contributed by atoms with Gasteiger partial charge in [-0.2, -0.15) is 0 Å². The molecule has 164 valence electrons. The summed E-state index contributed by atoms with van der Waals surface area (Å²) in [6.07, 6.45) is 0.580. The molecule has 0 aliphatic carbocycles. The Morgan fingerprint density at radius 3 is 2.53 bits per heavy atom. The van der Waals surface area contributed by atoms with Gasteiger partial charge in [-0.25, -0.2) is 9.78 Å². The first-order valence-electron chi connectivity index (χ1n) is 9.29. The lowest BCUT2D eigenvalue weighted by Gasteiger charge is -2.27. The van der Waals surface area contributed by atoms with E-state index in [2.05, 4.69) is 27.6 Å². The van der Waals surface area contributed by atoms with Crippen LogP contribution < -0.4 is 4.74 Å². The van der Waals surface area contributed by atoms with Gasteiger partial charge in [0.25, 0.3) is 0 Å². The van der Waals surface area contributed by atoms with Crippen molar-refractivity contribution in [1.82, 2.24) is 4.98 Å². The molecule has 9 heteroatoms. The van der Waals surface area contributed by atoms with Crippen LogP contribution in [-0.4, -0.2) is 41.0 Å². The lowest BCUT2D eigenvalue weighted by Crippen LogP contribution is -2.36. The summed E-state index contributed by atoms with van der Waals surface area (Å²) in [4.78, 5) is 29.0. The molecule has 0 spiro atoms. The van der Waals surface area contributed by atoms with E-state index in [0.29, 0.717) is 24.3 Å². The number of methoxy groups -OCH3 is 1. The molecule has 1 aromatic heterocycles. The number of rotatable bonds is 8. The Morgan fingerprint density at radius 1 is 1.20 bits per heavy atom. The number of thioether (sulfide) groups is 1. The Labute approximate surface area is 199 Å². The van der Waals surface area contributed by atoms with Gasteiger partial charge in [0.1, 0.15) is 21.7 Å². The molecule has 0 unspecified atom stereocenters. The van der Waals surface area contributed by atoms with Crippen LogP contribution in [0.4, 0.5) is 0 Å². The second kappa shape index (κ2) is 10.3. The van der Waals surface area contributed by atoms with Crippen molar-refractivity contribution in [2.24, 2.45) is 0 Å². The summed E-state index contributed by atoms with van der Waals surface area (Å²) in [5.41, 5.74) is 0.740. The highest BCUT2D eigenvalue weighted by Crippen LogP contribution is 2.36. The second-order valence-electron chi connectivity index (χ2n) is 7.95. The highest BCUT2D eigenvalue weighted by atomic mass is 127. The molecule has 2 aromatic rings. The number of carbonyl (C=O) groups is 2.